The van der Waals surface area contributed by atoms with Crippen LogP contribution in [0.4, 0.5) is 5.69 Å². The lowest BCUT2D eigenvalue weighted by atomic mass is 9.76. The first-order chi connectivity index (χ1) is 9.48. The van der Waals surface area contributed by atoms with E-state index in [1.165, 1.54) is 0 Å². The van der Waals surface area contributed by atoms with E-state index in [2.05, 4.69) is 10.2 Å². The van der Waals surface area contributed by atoms with Crippen molar-refractivity contribution in [2.45, 2.75) is 32.6 Å². The number of hydrogen-bond donors (Lipinski definition) is 1. The third kappa shape index (κ3) is 2.99. The third-order valence-corrected chi connectivity index (χ3v) is 4.25. The van der Waals surface area contributed by atoms with E-state index in [0.29, 0.717) is 25.1 Å². The Labute approximate surface area is 127 Å². The second-order valence-corrected chi connectivity index (χ2v) is 5.95. The van der Waals surface area contributed by atoms with E-state index >= 15 is 0 Å². The Bertz CT molecular complexity index is 508. The van der Waals surface area contributed by atoms with Crippen molar-refractivity contribution in [3.63, 3.8) is 0 Å². The number of rotatable bonds is 4. The summed E-state index contributed by atoms with van der Waals surface area (Å²) < 4.78 is 0. The van der Waals surface area contributed by atoms with Crippen LogP contribution in [0.2, 0.25) is 10.3 Å². The number of carbonyl (C=O) groups is 1. The Balaban J connectivity index is 2.29. The summed E-state index contributed by atoms with van der Waals surface area (Å²) in [6.07, 6.45) is 2.99. The molecule has 1 fully saturated rings. The van der Waals surface area contributed by atoms with Crippen molar-refractivity contribution in [3.8, 4) is 0 Å². The van der Waals surface area contributed by atoms with Crippen LogP contribution >= 0.6 is 23.2 Å². The molecule has 20 heavy (non-hydrogen) atoms. The minimum atomic E-state index is -0.742. The number of hydrogen-bond acceptors (Lipinski definition) is 4. The van der Waals surface area contributed by atoms with Crippen molar-refractivity contribution >= 4 is 34.9 Å². The maximum Gasteiger partial charge on any atom is 0.311 e. The number of aromatic nitrogens is 2. The normalized spacial score (nSPS) is 22.9. The maximum atomic E-state index is 11.7. The number of carboxylic acid groups (broad SMARTS) is 1. The summed E-state index contributed by atoms with van der Waals surface area (Å²) in [6, 6.07) is 1.64. The van der Waals surface area contributed by atoms with Crippen LogP contribution in [0.25, 0.3) is 0 Å². The predicted octanol–water partition coefficient (Wildman–Crippen LogP) is 3.25. The third-order valence-electron chi connectivity index (χ3n) is 3.80. The summed E-state index contributed by atoms with van der Waals surface area (Å²) in [5.41, 5.74) is -0.0559. The Morgan fingerprint density at radius 3 is 2.90 bits per heavy atom. The molecule has 0 bridgehead atoms. The summed E-state index contributed by atoms with van der Waals surface area (Å²) >= 11 is 11.9. The first kappa shape index (κ1) is 15.3. The second-order valence-electron chi connectivity index (χ2n) is 5.20. The number of nitrogens with zero attached hydrogens (tertiary/aromatic N) is 3. The minimum absolute atomic E-state index is 0.256. The van der Waals surface area contributed by atoms with E-state index in [-0.39, 0.29) is 10.3 Å². The van der Waals surface area contributed by atoms with Gasteiger partial charge in [-0.1, -0.05) is 36.5 Å². The van der Waals surface area contributed by atoms with Gasteiger partial charge < -0.3 is 10.0 Å². The molecule has 1 aliphatic rings. The van der Waals surface area contributed by atoms with Crippen LogP contribution < -0.4 is 4.90 Å². The van der Waals surface area contributed by atoms with Crippen LogP contribution in [0, 0.1) is 5.41 Å². The van der Waals surface area contributed by atoms with Gasteiger partial charge in [0.25, 0.3) is 0 Å². The van der Waals surface area contributed by atoms with E-state index in [0.717, 1.165) is 19.4 Å². The monoisotopic (exact) mass is 317 g/mol. The Morgan fingerprint density at radius 2 is 2.25 bits per heavy atom. The average Bonchev–Trinajstić information content (AvgIpc) is 2.42. The molecule has 1 unspecified atom stereocenters. The standard InChI is InChI=1S/C13H17Cl2N3O2/c1-2-4-13(12(19)20)5-3-6-18(8-13)9-7-10(14)16-17-11(9)15/h7H,2-6,8H2,1H3,(H,19,20). The van der Waals surface area contributed by atoms with Gasteiger partial charge in [-0.15, -0.1) is 10.2 Å². The van der Waals surface area contributed by atoms with Crippen LogP contribution in [0.15, 0.2) is 6.07 Å². The van der Waals surface area contributed by atoms with Gasteiger partial charge in [0.1, 0.15) is 0 Å². The second kappa shape index (κ2) is 6.14. The van der Waals surface area contributed by atoms with Gasteiger partial charge in [0, 0.05) is 19.2 Å². The van der Waals surface area contributed by atoms with Gasteiger partial charge in [0.15, 0.2) is 10.3 Å². The molecule has 7 heteroatoms. The number of aliphatic carboxylic acids is 1. The molecule has 1 aromatic rings. The van der Waals surface area contributed by atoms with E-state index in [4.69, 9.17) is 23.2 Å². The molecule has 5 nitrogen and oxygen atoms in total. The molecular weight excluding hydrogens is 301 g/mol. The summed E-state index contributed by atoms with van der Waals surface area (Å²) in [4.78, 5) is 13.6. The molecule has 1 atom stereocenters. The highest BCUT2D eigenvalue weighted by Crippen LogP contribution is 2.38. The lowest BCUT2D eigenvalue weighted by molar-refractivity contribution is -0.150. The van der Waals surface area contributed by atoms with Crippen molar-refractivity contribution in [1.82, 2.24) is 10.2 Å². The predicted molar refractivity (Wildman–Crippen MR) is 78.5 cm³/mol. The lowest BCUT2D eigenvalue weighted by Crippen LogP contribution is -2.48. The van der Waals surface area contributed by atoms with Crippen molar-refractivity contribution < 1.29 is 9.90 Å². The zero-order valence-electron chi connectivity index (χ0n) is 11.3. The maximum absolute atomic E-state index is 11.7. The van der Waals surface area contributed by atoms with Gasteiger partial charge in [-0.05, 0) is 19.3 Å². The first-order valence-electron chi connectivity index (χ1n) is 6.65. The molecule has 1 N–H and O–H groups in total. The van der Waals surface area contributed by atoms with Gasteiger partial charge >= 0.3 is 5.97 Å². The Hall–Kier alpha value is -1.07. The first-order valence-corrected chi connectivity index (χ1v) is 7.41. The van der Waals surface area contributed by atoms with Crippen LogP contribution in [0.1, 0.15) is 32.6 Å². The van der Waals surface area contributed by atoms with Crippen LogP contribution in [-0.2, 0) is 4.79 Å². The molecule has 0 aromatic carbocycles. The van der Waals surface area contributed by atoms with Gasteiger partial charge in [-0.25, -0.2) is 0 Å². The fraction of sp³-hybridized carbons (Fsp3) is 0.615. The fourth-order valence-corrected chi connectivity index (χ4v) is 3.22. The lowest BCUT2D eigenvalue weighted by Gasteiger charge is -2.41. The van der Waals surface area contributed by atoms with E-state index in [9.17, 15) is 9.90 Å². The van der Waals surface area contributed by atoms with E-state index < -0.39 is 11.4 Å². The van der Waals surface area contributed by atoms with E-state index in [1.807, 2.05) is 11.8 Å². The number of piperidine rings is 1. The van der Waals surface area contributed by atoms with Gasteiger partial charge in [0.2, 0.25) is 0 Å². The molecule has 0 spiro atoms. The molecule has 0 saturated carbocycles. The molecule has 110 valence electrons. The fourth-order valence-electron chi connectivity index (χ4n) is 2.87. The van der Waals surface area contributed by atoms with Crippen LogP contribution in [0.5, 0.6) is 0 Å². The van der Waals surface area contributed by atoms with Crippen molar-refractivity contribution in [1.29, 1.82) is 0 Å². The number of carboxylic acids is 1. The van der Waals surface area contributed by atoms with Crippen molar-refractivity contribution in [2.75, 3.05) is 18.0 Å². The smallest absolute Gasteiger partial charge is 0.311 e. The molecule has 0 aliphatic carbocycles. The summed E-state index contributed by atoms with van der Waals surface area (Å²) in [5.74, 6) is -0.742. The molecular formula is C13H17Cl2N3O2. The number of anilines is 1. The summed E-state index contributed by atoms with van der Waals surface area (Å²) in [7, 11) is 0. The van der Waals surface area contributed by atoms with Crippen molar-refractivity contribution in [2.24, 2.45) is 5.41 Å². The average molecular weight is 318 g/mol. The molecule has 0 radical (unpaired) electrons. The topological polar surface area (TPSA) is 66.3 Å². The molecule has 2 rings (SSSR count). The zero-order chi connectivity index (χ0) is 14.8. The largest absolute Gasteiger partial charge is 0.481 e. The van der Waals surface area contributed by atoms with Crippen molar-refractivity contribution in [3.05, 3.63) is 16.4 Å². The highest BCUT2D eigenvalue weighted by molar-refractivity contribution is 6.33. The van der Waals surface area contributed by atoms with Gasteiger partial charge in [-0.3, -0.25) is 4.79 Å². The van der Waals surface area contributed by atoms with Crippen LogP contribution in [0.3, 0.4) is 0 Å². The SMILES string of the molecule is CCCC1(C(=O)O)CCCN(c2cc(Cl)nnc2Cl)C1. The highest BCUT2D eigenvalue weighted by atomic mass is 35.5. The van der Waals surface area contributed by atoms with Gasteiger partial charge in [0.05, 0.1) is 11.1 Å². The minimum Gasteiger partial charge on any atom is -0.481 e. The number of halogens is 2. The van der Waals surface area contributed by atoms with E-state index in [1.54, 1.807) is 6.07 Å². The summed E-state index contributed by atoms with van der Waals surface area (Å²) in [6.45, 7) is 3.18. The molecule has 2 heterocycles. The molecule has 1 aromatic heterocycles. The Kier molecular flexibility index (Phi) is 4.70. The zero-order valence-corrected chi connectivity index (χ0v) is 12.8. The quantitative estimate of drug-likeness (QED) is 0.923. The Morgan fingerprint density at radius 1 is 1.50 bits per heavy atom. The summed E-state index contributed by atoms with van der Waals surface area (Å²) in [5, 5.41) is 17.6. The molecule has 1 aliphatic heterocycles. The van der Waals surface area contributed by atoms with Gasteiger partial charge in [-0.2, -0.15) is 0 Å². The molecule has 1 saturated heterocycles. The molecule has 0 amide bonds. The highest BCUT2D eigenvalue weighted by Gasteiger charge is 2.42. The van der Waals surface area contributed by atoms with Crippen LogP contribution in [-0.4, -0.2) is 34.4 Å².